The average Bonchev–Trinajstić information content (AvgIpc) is 3.41. The summed E-state index contributed by atoms with van der Waals surface area (Å²) in [5, 5.41) is 6.64. The third-order valence-electron chi connectivity index (χ3n) is 7.40. The summed E-state index contributed by atoms with van der Waals surface area (Å²) >= 11 is 6.29. The van der Waals surface area contributed by atoms with Gasteiger partial charge in [0, 0.05) is 28.6 Å². The molecular weight excluding hydrogens is 472 g/mol. The number of benzene rings is 2. The monoisotopic (exact) mass is 496 g/mol. The summed E-state index contributed by atoms with van der Waals surface area (Å²) in [6.07, 6.45) is 0.230. The van der Waals surface area contributed by atoms with E-state index in [1.807, 2.05) is 0 Å². The Kier molecular flexibility index (Phi) is 5.56. The van der Waals surface area contributed by atoms with Gasteiger partial charge in [0.25, 0.3) is 0 Å². The number of methoxy groups -OCH3 is 1. The number of rotatable bonds is 6. The highest BCUT2D eigenvalue weighted by Crippen LogP contribution is 2.54. The van der Waals surface area contributed by atoms with Gasteiger partial charge < -0.3 is 15.8 Å². The van der Waals surface area contributed by atoms with Gasteiger partial charge in [0.15, 0.2) is 0 Å². The lowest BCUT2D eigenvalue weighted by atomic mass is 9.76. The summed E-state index contributed by atoms with van der Waals surface area (Å²) in [7, 11) is 1.52. The Bertz CT molecular complexity index is 1280. The number of ether oxygens (including phenoxy) is 1. The Morgan fingerprint density at radius 2 is 1.91 bits per heavy atom. The summed E-state index contributed by atoms with van der Waals surface area (Å²) in [6, 6.07) is 9.94. The van der Waals surface area contributed by atoms with Crippen molar-refractivity contribution in [3.05, 3.63) is 58.1 Å². The van der Waals surface area contributed by atoms with E-state index < -0.39 is 47.0 Å². The molecule has 3 aliphatic heterocycles. The van der Waals surface area contributed by atoms with Crippen molar-refractivity contribution in [3.63, 3.8) is 0 Å². The number of nitrogens with two attached hydrogens (primary N) is 1. The maximum Gasteiger partial charge on any atom is 0.250 e. The number of carbonyl (C=O) groups excluding carboxylic acids is 4. The number of amides is 4. The van der Waals surface area contributed by atoms with Crippen LogP contribution in [0.25, 0.3) is 0 Å². The SMILES string of the molecule is COc1ccccc1CN1C(=O)[C@@H]2[C@H](CCC(N)=O)N[C@@]3(C(=O)Nc4c3ccc(Cl)c4C)[C@@H]2C1=O. The molecule has 0 bridgehead atoms. The largest absolute Gasteiger partial charge is 0.496 e. The van der Waals surface area contributed by atoms with Crippen LogP contribution in [-0.2, 0) is 31.3 Å². The summed E-state index contributed by atoms with van der Waals surface area (Å²) in [4.78, 5) is 53.9. The fourth-order valence-electron chi connectivity index (χ4n) is 5.76. The molecule has 182 valence electrons. The van der Waals surface area contributed by atoms with Gasteiger partial charge in [0.05, 0.1) is 31.2 Å². The van der Waals surface area contributed by atoms with Crippen LogP contribution in [0, 0.1) is 18.8 Å². The fourth-order valence-corrected chi connectivity index (χ4v) is 5.91. The normalized spacial score (nSPS) is 26.8. The molecule has 9 nitrogen and oxygen atoms in total. The van der Waals surface area contributed by atoms with Crippen LogP contribution in [0.15, 0.2) is 36.4 Å². The summed E-state index contributed by atoms with van der Waals surface area (Å²) in [5.74, 6) is -3.04. The third-order valence-corrected chi connectivity index (χ3v) is 7.81. The Morgan fingerprint density at radius 3 is 2.63 bits per heavy atom. The molecule has 35 heavy (non-hydrogen) atoms. The first-order chi connectivity index (χ1) is 16.7. The molecule has 2 aromatic rings. The number of para-hydroxylation sites is 1. The Morgan fingerprint density at radius 1 is 1.17 bits per heavy atom. The number of likely N-dealkylation sites (tertiary alicyclic amines) is 1. The molecule has 3 aliphatic rings. The highest BCUT2D eigenvalue weighted by Gasteiger charge is 2.70. The topological polar surface area (TPSA) is 131 Å². The van der Waals surface area contributed by atoms with E-state index >= 15 is 0 Å². The molecule has 4 amide bonds. The van der Waals surface area contributed by atoms with Crippen LogP contribution < -0.4 is 21.1 Å². The minimum atomic E-state index is -1.46. The van der Waals surface area contributed by atoms with Crippen molar-refractivity contribution in [2.24, 2.45) is 17.6 Å². The molecule has 2 fully saturated rings. The fraction of sp³-hybridized carbons (Fsp3) is 0.360. The standard InChI is InChI=1S/C25H25ClN4O5/c1-12-15(26)8-7-14-21(12)28-24(34)25(14)20-19(16(29-25)9-10-18(27)31)22(32)30(23(20)33)11-13-5-3-4-6-17(13)35-2/h3-8,16,19-20,29H,9-11H2,1-2H3,(H2,27,31)(H,28,34)/t16-,19+,20-,25+/m0/s1. The minimum absolute atomic E-state index is 0.0130. The average molecular weight is 497 g/mol. The molecule has 2 aromatic carbocycles. The number of carbonyl (C=O) groups is 4. The van der Waals surface area contributed by atoms with Gasteiger partial charge in [-0.2, -0.15) is 0 Å². The van der Waals surface area contributed by atoms with Crippen molar-refractivity contribution < 1.29 is 23.9 Å². The number of hydrogen-bond acceptors (Lipinski definition) is 6. The van der Waals surface area contributed by atoms with Crippen molar-refractivity contribution in [1.82, 2.24) is 10.2 Å². The van der Waals surface area contributed by atoms with Crippen LogP contribution in [0.2, 0.25) is 5.02 Å². The van der Waals surface area contributed by atoms with E-state index in [1.54, 1.807) is 43.3 Å². The van der Waals surface area contributed by atoms with Gasteiger partial charge in [-0.05, 0) is 31.0 Å². The highest BCUT2D eigenvalue weighted by atomic mass is 35.5. The molecule has 0 saturated carbocycles. The van der Waals surface area contributed by atoms with E-state index in [2.05, 4.69) is 10.6 Å². The van der Waals surface area contributed by atoms with Crippen molar-refractivity contribution in [1.29, 1.82) is 0 Å². The minimum Gasteiger partial charge on any atom is -0.496 e. The van der Waals surface area contributed by atoms with Crippen molar-refractivity contribution in [3.8, 4) is 5.75 Å². The number of imide groups is 1. The summed E-state index contributed by atoms with van der Waals surface area (Å²) in [5.41, 5.74) is 6.38. The second-order valence-corrected chi connectivity index (χ2v) is 9.60. The maximum atomic E-state index is 13.9. The lowest BCUT2D eigenvalue weighted by Gasteiger charge is -2.29. The summed E-state index contributed by atoms with van der Waals surface area (Å²) in [6.45, 7) is 1.80. The van der Waals surface area contributed by atoms with Crippen molar-refractivity contribution in [2.75, 3.05) is 12.4 Å². The lowest BCUT2D eigenvalue weighted by Crippen LogP contribution is -2.53. The van der Waals surface area contributed by atoms with E-state index in [0.717, 1.165) is 0 Å². The Hall–Kier alpha value is -3.43. The molecule has 0 unspecified atom stereocenters. The predicted octanol–water partition coefficient (Wildman–Crippen LogP) is 1.84. The number of nitrogens with one attached hydrogen (secondary N) is 2. The van der Waals surface area contributed by atoms with E-state index in [1.165, 1.54) is 12.0 Å². The molecular formula is C25H25ClN4O5. The zero-order valence-corrected chi connectivity index (χ0v) is 20.0. The quantitative estimate of drug-likeness (QED) is 0.523. The zero-order valence-electron chi connectivity index (χ0n) is 19.3. The highest BCUT2D eigenvalue weighted by molar-refractivity contribution is 6.32. The summed E-state index contributed by atoms with van der Waals surface area (Å²) < 4.78 is 5.40. The van der Waals surface area contributed by atoms with Crippen LogP contribution in [0.3, 0.4) is 0 Å². The number of primary amides is 1. The van der Waals surface area contributed by atoms with Gasteiger partial charge >= 0.3 is 0 Å². The third kappa shape index (κ3) is 3.33. The van der Waals surface area contributed by atoms with Crippen LogP contribution in [-0.4, -0.2) is 41.7 Å². The van der Waals surface area contributed by atoms with E-state index in [-0.39, 0.29) is 19.4 Å². The van der Waals surface area contributed by atoms with Gasteiger partial charge in [-0.3, -0.25) is 29.4 Å². The second-order valence-electron chi connectivity index (χ2n) is 9.19. The second kappa shape index (κ2) is 8.35. The van der Waals surface area contributed by atoms with Crippen LogP contribution in [0.5, 0.6) is 5.75 Å². The lowest BCUT2D eigenvalue weighted by molar-refractivity contribution is -0.143. The molecule has 0 aromatic heterocycles. The molecule has 4 atom stereocenters. The molecule has 4 N–H and O–H groups in total. The van der Waals surface area contributed by atoms with Gasteiger partial charge in [-0.1, -0.05) is 35.9 Å². The Balaban J connectivity index is 1.60. The van der Waals surface area contributed by atoms with E-state index in [0.29, 0.717) is 33.1 Å². The van der Waals surface area contributed by atoms with Crippen LogP contribution in [0.1, 0.15) is 29.5 Å². The zero-order chi connectivity index (χ0) is 25.1. The van der Waals surface area contributed by atoms with Crippen LogP contribution in [0.4, 0.5) is 5.69 Å². The van der Waals surface area contributed by atoms with E-state index in [9.17, 15) is 19.2 Å². The predicted molar refractivity (Wildman–Crippen MR) is 127 cm³/mol. The van der Waals surface area contributed by atoms with E-state index in [4.69, 9.17) is 22.1 Å². The van der Waals surface area contributed by atoms with Gasteiger partial charge in [-0.25, -0.2) is 0 Å². The first-order valence-electron chi connectivity index (χ1n) is 11.3. The van der Waals surface area contributed by atoms with Crippen molar-refractivity contribution in [2.45, 2.75) is 37.9 Å². The van der Waals surface area contributed by atoms with Crippen molar-refractivity contribution >= 4 is 40.9 Å². The number of halogens is 1. The molecule has 3 heterocycles. The number of hydrogen-bond donors (Lipinski definition) is 3. The molecule has 1 spiro atoms. The Labute approximate surface area is 206 Å². The molecule has 0 radical (unpaired) electrons. The maximum absolute atomic E-state index is 13.9. The molecule has 0 aliphatic carbocycles. The first kappa shape index (κ1) is 23.3. The first-order valence-corrected chi connectivity index (χ1v) is 11.7. The molecule has 10 heteroatoms. The van der Waals surface area contributed by atoms with Crippen LogP contribution >= 0.6 is 11.6 Å². The molecule has 2 saturated heterocycles. The number of nitrogens with zero attached hydrogens (tertiary/aromatic N) is 1. The van der Waals surface area contributed by atoms with Gasteiger partial charge in [-0.15, -0.1) is 0 Å². The smallest absolute Gasteiger partial charge is 0.250 e. The molecule has 5 rings (SSSR count). The van der Waals surface area contributed by atoms with Gasteiger partial charge in [0.2, 0.25) is 23.6 Å². The van der Waals surface area contributed by atoms with Gasteiger partial charge in [0.1, 0.15) is 11.3 Å². The number of anilines is 1. The number of fused-ring (bicyclic) bond motifs is 4.